The number of carbonyl (C=O) groups excluding carboxylic acids is 1. The highest BCUT2D eigenvalue weighted by Gasteiger charge is 2.36. The zero-order chi connectivity index (χ0) is 18.1. The SMILES string of the molecule is Cc1nc(-c2cccs2)sc1C(=O)N1C[C@@H](CN)[C@H](c2ccccc2)C1.Cl.Cl. The van der Waals surface area contributed by atoms with Gasteiger partial charge in [0.2, 0.25) is 0 Å². The van der Waals surface area contributed by atoms with E-state index in [4.69, 9.17) is 5.73 Å². The lowest BCUT2D eigenvalue weighted by atomic mass is 9.89. The average Bonchev–Trinajstić information content (AvgIpc) is 3.40. The Kier molecular flexibility index (Phi) is 8.04. The van der Waals surface area contributed by atoms with E-state index in [0.29, 0.717) is 24.9 Å². The number of amides is 1. The predicted molar refractivity (Wildman–Crippen MR) is 122 cm³/mol. The summed E-state index contributed by atoms with van der Waals surface area (Å²) in [4.78, 5) is 21.6. The molecule has 4 rings (SSSR count). The third kappa shape index (κ3) is 4.42. The minimum atomic E-state index is 0. The van der Waals surface area contributed by atoms with Gasteiger partial charge in [-0.15, -0.1) is 47.5 Å². The fourth-order valence-electron chi connectivity index (χ4n) is 3.60. The highest BCUT2D eigenvalue weighted by atomic mass is 35.5. The molecule has 3 aromatic rings. The Bertz CT molecular complexity index is 900. The molecule has 1 saturated heterocycles. The van der Waals surface area contributed by atoms with Gasteiger partial charge in [0.25, 0.3) is 5.91 Å². The van der Waals surface area contributed by atoms with Gasteiger partial charge in [-0.2, -0.15) is 0 Å². The largest absolute Gasteiger partial charge is 0.337 e. The quantitative estimate of drug-likeness (QED) is 0.611. The summed E-state index contributed by atoms with van der Waals surface area (Å²) in [5, 5.41) is 2.96. The van der Waals surface area contributed by atoms with E-state index in [-0.39, 0.29) is 30.7 Å². The Morgan fingerprint density at radius 2 is 1.93 bits per heavy atom. The van der Waals surface area contributed by atoms with Crippen molar-refractivity contribution in [3.8, 4) is 9.88 Å². The van der Waals surface area contributed by atoms with Crippen molar-refractivity contribution in [2.45, 2.75) is 12.8 Å². The minimum absolute atomic E-state index is 0. The normalized spacial score (nSPS) is 18.4. The molecule has 3 heterocycles. The van der Waals surface area contributed by atoms with Gasteiger partial charge in [0, 0.05) is 19.0 Å². The number of aryl methyl sites for hydroxylation is 1. The van der Waals surface area contributed by atoms with Crippen LogP contribution in [0.25, 0.3) is 9.88 Å². The van der Waals surface area contributed by atoms with E-state index in [1.165, 1.54) is 16.9 Å². The molecule has 2 N–H and O–H groups in total. The number of likely N-dealkylation sites (tertiary alicyclic amines) is 1. The van der Waals surface area contributed by atoms with Gasteiger partial charge in [0.1, 0.15) is 9.88 Å². The lowest BCUT2D eigenvalue weighted by Gasteiger charge is -2.16. The van der Waals surface area contributed by atoms with Gasteiger partial charge in [-0.3, -0.25) is 4.79 Å². The summed E-state index contributed by atoms with van der Waals surface area (Å²) in [6.45, 7) is 3.94. The Morgan fingerprint density at radius 3 is 2.57 bits per heavy atom. The van der Waals surface area contributed by atoms with Crippen LogP contribution >= 0.6 is 47.5 Å². The molecule has 0 bridgehead atoms. The van der Waals surface area contributed by atoms with E-state index in [2.05, 4.69) is 17.1 Å². The summed E-state index contributed by atoms with van der Waals surface area (Å²) in [6.07, 6.45) is 0. The lowest BCUT2D eigenvalue weighted by molar-refractivity contribution is 0.0790. The van der Waals surface area contributed by atoms with Crippen LogP contribution in [-0.2, 0) is 0 Å². The van der Waals surface area contributed by atoms with E-state index < -0.39 is 0 Å². The molecule has 1 aliphatic rings. The molecule has 0 saturated carbocycles. The Labute approximate surface area is 185 Å². The van der Waals surface area contributed by atoms with Crippen LogP contribution in [0, 0.1) is 12.8 Å². The second-order valence-corrected chi connectivity index (χ2v) is 8.58. The van der Waals surface area contributed by atoms with Crippen molar-refractivity contribution in [3.05, 3.63) is 64.0 Å². The molecule has 0 aliphatic carbocycles. The summed E-state index contributed by atoms with van der Waals surface area (Å²) < 4.78 is 0. The van der Waals surface area contributed by atoms with Crippen molar-refractivity contribution >= 4 is 53.4 Å². The van der Waals surface area contributed by atoms with Crippen LogP contribution in [0.2, 0.25) is 0 Å². The summed E-state index contributed by atoms with van der Waals surface area (Å²) in [7, 11) is 0. The molecule has 150 valence electrons. The van der Waals surface area contributed by atoms with Crippen LogP contribution in [0.15, 0.2) is 47.8 Å². The van der Waals surface area contributed by atoms with Crippen molar-refractivity contribution in [1.82, 2.24) is 9.88 Å². The molecule has 8 heteroatoms. The maximum absolute atomic E-state index is 13.1. The number of nitrogens with zero attached hydrogens (tertiary/aromatic N) is 2. The number of thiazole rings is 1. The molecule has 0 spiro atoms. The first-order valence-electron chi connectivity index (χ1n) is 8.73. The van der Waals surface area contributed by atoms with Crippen molar-refractivity contribution in [3.63, 3.8) is 0 Å². The highest BCUT2D eigenvalue weighted by molar-refractivity contribution is 7.22. The number of hydrogen-bond donors (Lipinski definition) is 1. The van der Waals surface area contributed by atoms with Gasteiger partial charge in [0.15, 0.2) is 0 Å². The number of nitrogens with two attached hydrogens (primary N) is 1. The van der Waals surface area contributed by atoms with Gasteiger partial charge < -0.3 is 10.6 Å². The monoisotopic (exact) mass is 455 g/mol. The summed E-state index contributed by atoms with van der Waals surface area (Å²) in [5.74, 6) is 0.682. The van der Waals surface area contributed by atoms with Gasteiger partial charge in [-0.05, 0) is 36.4 Å². The summed E-state index contributed by atoms with van der Waals surface area (Å²) >= 11 is 3.15. The van der Waals surface area contributed by atoms with Crippen LogP contribution in [0.1, 0.15) is 26.8 Å². The standard InChI is InChI=1S/C20H21N3OS2.2ClH/c1-13-18(26-19(22-13)17-8-5-9-25-17)20(24)23-11-15(10-21)16(12-23)14-6-3-2-4-7-14;;/h2-9,15-16H,10-12,21H2,1H3;2*1H/t15-,16+;;/m1../s1. The maximum atomic E-state index is 13.1. The first kappa shape index (κ1) is 22.8. The van der Waals surface area contributed by atoms with Crippen molar-refractivity contribution in [1.29, 1.82) is 0 Å². The number of thiophene rings is 1. The van der Waals surface area contributed by atoms with E-state index in [1.807, 2.05) is 47.5 Å². The zero-order valence-electron chi connectivity index (χ0n) is 15.4. The van der Waals surface area contributed by atoms with Crippen LogP contribution in [0.5, 0.6) is 0 Å². The Balaban J connectivity index is 0.00000140. The van der Waals surface area contributed by atoms with Gasteiger partial charge >= 0.3 is 0 Å². The van der Waals surface area contributed by atoms with Crippen molar-refractivity contribution < 1.29 is 4.79 Å². The minimum Gasteiger partial charge on any atom is -0.337 e. The van der Waals surface area contributed by atoms with Gasteiger partial charge in [-0.1, -0.05) is 36.4 Å². The zero-order valence-corrected chi connectivity index (χ0v) is 18.7. The fourth-order valence-corrected chi connectivity index (χ4v) is 5.43. The van der Waals surface area contributed by atoms with Crippen LogP contribution < -0.4 is 5.73 Å². The maximum Gasteiger partial charge on any atom is 0.265 e. The van der Waals surface area contributed by atoms with Gasteiger partial charge in [0.05, 0.1) is 10.6 Å². The van der Waals surface area contributed by atoms with E-state index in [0.717, 1.165) is 27.0 Å². The first-order chi connectivity index (χ1) is 12.7. The molecule has 1 fully saturated rings. The van der Waals surface area contributed by atoms with Crippen molar-refractivity contribution in [2.24, 2.45) is 11.7 Å². The average molecular weight is 456 g/mol. The fraction of sp³-hybridized carbons (Fsp3) is 0.300. The second-order valence-electron chi connectivity index (χ2n) is 6.63. The number of aromatic nitrogens is 1. The molecule has 2 atom stereocenters. The number of benzene rings is 1. The Morgan fingerprint density at radius 1 is 1.18 bits per heavy atom. The first-order valence-corrected chi connectivity index (χ1v) is 10.4. The molecule has 1 aliphatic heterocycles. The van der Waals surface area contributed by atoms with Crippen molar-refractivity contribution in [2.75, 3.05) is 19.6 Å². The van der Waals surface area contributed by atoms with Crippen LogP contribution in [-0.4, -0.2) is 35.4 Å². The summed E-state index contributed by atoms with van der Waals surface area (Å²) in [5.41, 5.74) is 8.09. The topological polar surface area (TPSA) is 59.2 Å². The number of halogens is 2. The number of rotatable bonds is 4. The molecule has 1 amide bonds. The molecule has 0 radical (unpaired) electrons. The van der Waals surface area contributed by atoms with E-state index in [1.54, 1.807) is 11.3 Å². The van der Waals surface area contributed by atoms with E-state index >= 15 is 0 Å². The molecule has 2 aromatic heterocycles. The van der Waals surface area contributed by atoms with Gasteiger partial charge in [-0.25, -0.2) is 4.98 Å². The summed E-state index contributed by atoms with van der Waals surface area (Å²) in [6, 6.07) is 14.4. The second kappa shape index (κ2) is 9.85. The third-order valence-electron chi connectivity index (χ3n) is 4.98. The van der Waals surface area contributed by atoms with E-state index in [9.17, 15) is 4.79 Å². The number of hydrogen-bond acceptors (Lipinski definition) is 5. The number of carbonyl (C=O) groups is 1. The smallest absolute Gasteiger partial charge is 0.265 e. The highest BCUT2D eigenvalue weighted by Crippen LogP contribution is 2.36. The molecular weight excluding hydrogens is 433 g/mol. The predicted octanol–water partition coefficient (Wildman–Crippen LogP) is 4.84. The Hall–Kier alpha value is -1.44. The van der Waals surface area contributed by atoms with Crippen LogP contribution in [0.3, 0.4) is 0 Å². The lowest BCUT2D eigenvalue weighted by Crippen LogP contribution is -2.29. The molecule has 28 heavy (non-hydrogen) atoms. The molecule has 1 aromatic carbocycles. The third-order valence-corrected chi connectivity index (χ3v) is 7.17. The molecule has 4 nitrogen and oxygen atoms in total. The molecular formula is C20H23Cl2N3OS2. The van der Waals surface area contributed by atoms with Crippen LogP contribution in [0.4, 0.5) is 0 Å². The molecule has 0 unspecified atom stereocenters.